The number of piperidine rings is 1. The number of aliphatic hydroxyl groups is 1. The number of benzene rings is 2. The molecular formula is C24H32N2O2. The summed E-state index contributed by atoms with van der Waals surface area (Å²) < 4.78 is 0. The highest BCUT2D eigenvalue weighted by molar-refractivity contribution is 5.76. The van der Waals surface area contributed by atoms with Crippen molar-refractivity contribution >= 4 is 5.91 Å². The summed E-state index contributed by atoms with van der Waals surface area (Å²) in [4.78, 5) is 17.2. The zero-order valence-corrected chi connectivity index (χ0v) is 16.9. The Labute approximate surface area is 168 Å². The number of rotatable bonds is 8. The summed E-state index contributed by atoms with van der Waals surface area (Å²) in [6.45, 7) is 5.78. The van der Waals surface area contributed by atoms with Crippen molar-refractivity contribution in [1.29, 1.82) is 0 Å². The highest BCUT2D eigenvalue weighted by Crippen LogP contribution is 2.21. The van der Waals surface area contributed by atoms with Crippen LogP contribution in [0.15, 0.2) is 54.6 Å². The van der Waals surface area contributed by atoms with E-state index in [0.717, 1.165) is 50.0 Å². The van der Waals surface area contributed by atoms with E-state index in [0.29, 0.717) is 19.0 Å². The Bertz CT molecular complexity index is 739. The summed E-state index contributed by atoms with van der Waals surface area (Å²) in [5, 5.41) is 9.38. The average molecular weight is 381 g/mol. The molecule has 28 heavy (non-hydrogen) atoms. The molecule has 4 heteroatoms. The van der Waals surface area contributed by atoms with Crippen LogP contribution in [0.25, 0.3) is 0 Å². The number of hydrogen-bond acceptors (Lipinski definition) is 3. The lowest BCUT2D eigenvalue weighted by atomic mass is 10.0. The molecule has 2 aromatic rings. The molecule has 0 radical (unpaired) electrons. The molecule has 0 aliphatic carbocycles. The second kappa shape index (κ2) is 10.4. The molecule has 3 rings (SSSR count). The standard InChI is InChI=1S/C24H32N2O2/c1-2-24(28)26(18-21-9-6-10-22(17-21)19-27)23-12-15-25(16-13-23)14-11-20-7-4-3-5-8-20/h3-10,17,23,27H,2,11-16,18-19H2,1H3. The van der Waals surface area contributed by atoms with Crippen LogP contribution in [0.2, 0.25) is 0 Å². The van der Waals surface area contributed by atoms with Gasteiger partial charge in [0.05, 0.1) is 6.61 Å². The minimum atomic E-state index is 0.0371. The maximum absolute atomic E-state index is 12.6. The van der Waals surface area contributed by atoms with E-state index in [9.17, 15) is 9.90 Å². The maximum atomic E-state index is 12.6. The molecule has 1 N–H and O–H groups in total. The molecule has 0 spiro atoms. The molecular weight excluding hydrogens is 348 g/mol. The van der Waals surface area contributed by atoms with Crippen molar-refractivity contribution < 1.29 is 9.90 Å². The van der Waals surface area contributed by atoms with Gasteiger partial charge in [-0.1, -0.05) is 61.5 Å². The summed E-state index contributed by atoms with van der Waals surface area (Å²) in [6, 6.07) is 18.9. The summed E-state index contributed by atoms with van der Waals surface area (Å²) in [5.41, 5.74) is 3.38. The topological polar surface area (TPSA) is 43.8 Å². The van der Waals surface area contributed by atoms with Gasteiger partial charge in [-0.3, -0.25) is 4.79 Å². The lowest BCUT2D eigenvalue weighted by Crippen LogP contribution is -2.47. The van der Waals surface area contributed by atoms with Gasteiger partial charge in [-0.25, -0.2) is 0 Å². The molecule has 1 heterocycles. The Morgan fingerprint density at radius 3 is 2.39 bits per heavy atom. The molecule has 1 aliphatic rings. The van der Waals surface area contributed by atoms with Gasteiger partial charge in [-0.2, -0.15) is 0 Å². The van der Waals surface area contributed by atoms with Crippen molar-refractivity contribution in [2.24, 2.45) is 0 Å². The van der Waals surface area contributed by atoms with E-state index in [4.69, 9.17) is 0 Å². The summed E-state index contributed by atoms with van der Waals surface area (Å²) in [7, 11) is 0. The van der Waals surface area contributed by atoms with Crippen molar-refractivity contribution in [3.05, 3.63) is 71.3 Å². The van der Waals surface area contributed by atoms with E-state index < -0.39 is 0 Å². The van der Waals surface area contributed by atoms with E-state index in [1.165, 1.54) is 5.56 Å². The molecule has 0 atom stereocenters. The SMILES string of the molecule is CCC(=O)N(Cc1cccc(CO)c1)C1CCN(CCc2ccccc2)CC1. The van der Waals surface area contributed by atoms with Gasteiger partial charge in [0.1, 0.15) is 0 Å². The summed E-state index contributed by atoms with van der Waals surface area (Å²) >= 11 is 0. The third-order valence-electron chi connectivity index (χ3n) is 5.71. The number of hydrogen-bond donors (Lipinski definition) is 1. The van der Waals surface area contributed by atoms with Gasteiger partial charge in [0, 0.05) is 38.6 Å². The Hall–Kier alpha value is -2.17. The van der Waals surface area contributed by atoms with Crippen LogP contribution in [-0.2, 0) is 24.4 Å². The molecule has 4 nitrogen and oxygen atoms in total. The van der Waals surface area contributed by atoms with Crippen LogP contribution in [0.5, 0.6) is 0 Å². The Morgan fingerprint density at radius 2 is 1.71 bits per heavy atom. The second-order valence-corrected chi connectivity index (χ2v) is 7.66. The van der Waals surface area contributed by atoms with Crippen molar-refractivity contribution in [3.8, 4) is 0 Å². The fourth-order valence-corrected chi connectivity index (χ4v) is 4.03. The first-order valence-electron chi connectivity index (χ1n) is 10.4. The number of amides is 1. The predicted octanol–water partition coefficient (Wildman–Crippen LogP) is 3.62. The zero-order valence-electron chi connectivity index (χ0n) is 16.9. The first-order chi connectivity index (χ1) is 13.7. The van der Waals surface area contributed by atoms with Gasteiger partial charge >= 0.3 is 0 Å². The molecule has 0 saturated carbocycles. The van der Waals surface area contributed by atoms with Crippen molar-refractivity contribution in [2.45, 2.75) is 51.8 Å². The number of aliphatic hydroxyl groups excluding tert-OH is 1. The molecule has 1 fully saturated rings. The first kappa shape index (κ1) is 20.6. The number of carbonyl (C=O) groups excluding carboxylic acids is 1. The number of likely N-dealkylation sites (tertiary alicyclic amines) is 1. The van der Waals surface area contributed by atoms with E-state index in [2.05, 4.69) is 40.1 Å². The van der Waals surface area contributed by atoms with Gasteiger partial charge in [0.15, 0.2) is 0 Å². The summed E-state index contributed by atoms with van der Waals surface area (Å²) in [5.74, 6) is 0.220. The number of carbonyl (C=O) groups is 1. The Morgan fingerprint density at radius 1 is 1.04 bits per heavy atom. The largest absolute Gasteiger partial charge is 0.392 e. The fraction of sp³-hybridized carbons (Fsp3) is 0.458. The van der Waals surface area contributed by atoms with Crippen LogP contribution in [0.4, 0.5) is 0 Å². The minimum Gasteiger partial charge on any atom is -0.392 e. The first-order valence-corrected chi connectivity index (χ1v) is 10.4. The molecule has 2 aromatic carbocycles. The Kier molecular flexibility index (Phi) is 7.63. The van der Waals surface area contributed by atoms with Gasteiger partial charge in [-0.05, 0) is 36.0 Å². The Balaban J connectivity index is 1.56. The van der Waals surface area contributed by atoms with Crippen LogP contribution in [0.3, 0.4) is 0 Å². The highest BCUT2D eigenvalue weighted by Gasteiger charge is 2.27. The molecule has 0 bridgehead atoms. The lowest BCUT2D eigenvalue weighted by molar-refractivity contribution is -0.135. The van der Waals surface area contributed by atoms with Gasteiger partial charge in [0.2, 0.25) is 5.91 Å². The molecule has 1 amide bonds. The van der Waals surface area contributed by atoms with Gasteiger partial charge in [-0.15, -0.1) is 0 Å². The van der Waals surface area contributed by atoms with Crippen LogP contribution in [0, 0.1) is 0 Å². The van der Waals surface area contributed by atoms with Crippen molar-refractivity contribution in [3.63, 3.8) is 0 Å². The molecule has 0 unspecified atom stereocenters. The molecule has 150 valence electrons. The third-order valence-corrected chi connectivity index (χ3v) is 5.71. The van der Waals surface area contributed by atoms with E-state index >= 15 is 0 Å². The molecule has 1 saturated heterocycles. The van der Waals surface area contributed by atoms with Crippen LogP contribution < -0.4 is 0 Å². The number of nitrogens with zero attached hydrogens (tertiary/aromatic N) is 2. The minimum absolute atomic E-state index is 0.0371. The monoisotopic (exact) mass is 380 g/mol. The quantitative estimate of drug-likeness (QED) is 0.761. The van der Waals surface area contributed by atoms with Gasteiger partial charge < -0.3 is 14.9 Å². The average Bonchev–Trinajstić information content (AvgIpc) is 2.77. The van der Waals surface area contributed by atoms with E-state index in [1.807, 2.05) is 31.2 Å². The predicted molar refractivity (Wildman–Crippen MR) is 113 cm³/mol. The second-order valence-electron chi connectivity index (χ2n) is 7.66. The highest BCUT2D eigenvalue weighted by atomic mass is 16.3. The van der Waals surface area contributed by atoms with Crippen LogP contribution >= 0.6 is 0 Å². The maximum Gasteiger partial charge on any atom is 0.222 e. The van der Waals surface area contributed by atoms with E-state index in [-0.39, 0.29) is 12.5 Å². The van der Waals surface area contributed by atoms with E-state index in [1.54, 1.807) is 0 Å². The lowest BCUT2D eigenvalue weighted by Gasteiger charge is -2.38. The van der Waals surface area contributed by atoms with Crippen LogP contribution in [-0.4, -0.2) is 46.5 Å². The fourth-order valence-electron chi connectivity index (χ4n) is 4.03. The molecule has 1 aliphatic heterocycles. The van der Waals surface area contributed by atoms with Gasteiger partial charge in [0.25, 0.3) is 0 Å². The normalized spacial score (nSPS) is 15.5. The van der Waals surface area contributed by atoms with Crippen molar-refractivity contribution in [2.75, 3.05) is 19.6 Å². The van der Waals surface area contributed by atoms with Crippen molar-refractivity contribution in [1.82, 2.24) is 9.80 Å². The van der Waals surface area contributed by atoms with Crippen LogP contribution in [0.1, 0.15) is 42.9 Å². The smallest absolute Gasteiger partial charge is 0.222 e. The summed E-state index contributed by atoms with van der Waals surface area (Å²) in [6.07, 6.45) is 3.67. The third kappa shape index (κ3) is 5.66. The zero-order chi connectivity index (χ0) is 19.8. The molecule has 0 aromatic heterocycles.